The summed E-state index contributed by atoms with van der Waals surface area (Å²) in [5.74, 6) is 0.600. The van der Waals surface area contributed by atoms with Crippen molar-refractivity contribution in [2.75, 3.05) is 62.2 Å². The number of anilines is 2. The molecule has 1 unspecified atom stereocenters. The van der Waals surface area contributed by atoms with E-state index in [4.69, 9.17) is 0 Å². The number of piperazine rings is 1. The fourth-order valence-electron chi connectivity index (χ4n) is 4.80. The molecule has 174 valence electrons. The van der Waals surface area contributed by atoms with Gasteiger partial charge >= 0.3 is 6.03 Å². The van der Waals surface area contributed by atoms with E-state index in [-0.39, 0.29) is 19.1 Å². The number of hydrogen-bond donors (Lipinski definition) is 2. The second kappa shape index (κ2) is 8.69. The first kappa shape index (κ1) is 21.7. The van der Waals surface area contributed by atoms with Crippen LogP contribution in [0.5, 0.6) is 0 Å². The van der Waals surface area contributed by atoms with E-state index in [0.717, 1.165) is 42.9 Å². The van der Waals surface area contributed by atoms with Crippen molar-refractivity contribution >= 4 is 23.3 Å². The predicted molar refractivity (Wildman–Crippen MR) is 124 cm³/mol. The van der Waals surface area contributed by atoms with Gasteiger partial charge in [-0.15, -0.1) is 0 Å². The second-order valence-electron chi connectivity index (χ2n) is 8.82. The summed E-state index contributed by atoms with van der Waals surface area (Å²) in [7, 11) is 0. The molecule has 0 spiro atoms. The molecular formula is C23H29N7O3. The highest BCUT2D eigenvalue weighted by Gasteiger charge is 2.42. The first-order valence-electron chi connectivity index (χ1n) is 11.4. The monoisotopic (exact) mass is 451 g/mol. The van der Waals surface area contributed by atoms with E-state index in [1.54, 1.807) is 9.80 Å². The van der Waals surface area contributed by atoms with Crippen LogP contribution in [0.2, 0.25) is 0 Å². The van der Waals surface area contributed by atoms with Gasteiger partial charge in [-0.2, -0.15) is 5.11 Å². The van der Waals surface area contributed by atoms with Crippen molar-refractivity contribution in [1.29, 1.82) is 0 Å². The summed E-state index contributed by atoms with van der Waals surface area (Å²) in [4.78, 5) is 34.2. The van der Waals surface area contributed by atoms with Crippen LogP contribution in [-0.2, 0) is 4.79 Å². The van der Waals surface area contributed by atoms with Gasteiger partial charge in [-0.3, -0.25) is 24.4 Å². The number of benzene rings is 1. The van der Waals surface area contributed by atoms with Crippen LogP contribution in [0, 0.1) is 13.8 Å². The topological polar surface area (TPSA) is 104 Å². The number of aliphatic hydroxyl groups is 1. The molecule has 1 saturated heterocycles. The summed E-state index contributed by atoms with van der Waals surface area (Å²) in [6.45, 7) is 8.82. The number of amides is 3. The molecule has 1 fully saturated rings. The average Bonchev–Trinajstić information content (AvgIpc) is 3.13. The summed E-state index contributed by atoms with van der Waals surface area (Å²) in [5.41, 5.74) is 4.13. The second-order valence-corrected chi connectivity index (χ2v) is 8.82. The fourth-order valence-corrected chi connectivity index (χ4v) is 4.80. The number of β-amino-alcohol motifs (C(OH)–C–C–N with tert-alkyl or cyclic N) is 1. The Balaban J connectivity index is 1.53. The molecule has 5 rings (SSSR count). The van der Waals surface area contributed by atoms with E-state index in [2.05, 4.69) is 25.3 Å². The van der Waals surface area contributed by atoms with Gasteiger partial charge in [-0.1, -0.05) is 17.3 Å². The molecule has 2 N–H and O–H groups in total. The van der Waals surface area contributed by atoms with Crippen molar-refractivity contribution in [1.82, 2.24) is 15.1 Å². The van der Waals surface area contributed by atoms with Crippen molar-refractivity contribution in [3.63, 3.8) is 0 Å². The van der Waals surface area contributed by atoms with Crippen LogP contribution in [-0.4, -0.2) is 85.4 Å². The molecule has 3 amide bonds. The van der Waals surface area contributed by atoms with Crippen LogP contribution in [0.4, 0.5) is 16.2 Å². The van der Waals surface area contributed by atoms with Gasteiger partial charge in [-0.25, -0.2) is 4.79 Å². The van der Waals surface area contributed by atoms with Crippen molar-refractivity contribution in [3.05, 3.63) is 46.8 Å². The number of rotatable bonds is 4. The lowest BCUT2D eigenvalue weighted by Crippen LogP contribution is -2.51. The smallest absolute Gasteiger partial charge is 0.368 e. The number of azo groups is 1. The Kier molecular flexibility index (Phi) is 5.73. The van der Waals surface area contributed by atoms with Crippen molar-refractivity contribution in [3.8, 4) is 0 Å². The number of urea groups is 1. The van der Waals surface area contributed by atoms with Gasteiger partial charge in [0.1, 0.15) is 5.82 Å². The molecule has 4 aliphatic heterocycles. The standard InChI is InChI=1S/C23H29N7O3/c1-15-12-18-19(13-16(15)2)30-22(25-26-23(30)33)17-4-3-5-24-21(17)29(18)20(32)14-28-8-6-27(7-9-28)10-11-31/h3-4,12-13,22,24,31H,5-11,14H2,1-2H3. The Bertz CT molecular complexity index is 1070. The number of nitrogens with one attached hydrogen (secondary N) is 1. The molecular weight excluding hydrogens is 422 g/mol. The van der Waals surface area contributed by atoms with Crippen LogP contribution in [0.25, 0.3) is 0 Å². The molecule has 1 aromatic rings. The highest BCUT2D eigenvalue weighted by atomic mass is 16.3. The van der Waals surface area contributed by atoms with Gasteiger partial charge in [0.15, 0.2) is 6.17 Å². The van der Waals surface area contributed by atoms with Gasteiger partial charge < -0.3 is 10.4 Å². The van der Waals surface area contributed by atoms with Crippen LogP contribution < -0.4 is 15.1 Å². The summed E-state index contributed by atoms with van der Waals surface area (Å²) >= 11 is 0. The molecule has 33 heavy (non-hydrogen) atoms. The minimum Gasteiger partial charge on any atom is -0.395 e. The van der Waals surface area contributed by atoms with E-state index in [0.29, 0.717) is 30.3 Å². The number of hydrogen-bond acceptors (Lipinski definition) is 7. The van der Waals surface area contributed by atoms with Crippen LogP contribution in [0.3, 0.4) is 0 Å². The third kappa shape index (κ3) is 3.84. The number of aryl methyl sites for hydroxylation is 2. The number of carbonyl (C=O) groups is 2. The highest BCUT2D eigenvalue weighted by Crippen LogP contribution is 2.43. The lowest BCUT2D eigenvalue weighted by molar-refractivity contribution is -0.119. The average molecular weight is 452 g/mol. The normalized spacial score (nSPS) is 22.8. The van der Waals surface area contributed by atoms with Gasteiger partial charge in [-0.05, 0) is 37.1 Å². The maximum atomic E-state index is 13.8. The molecule has 1 aromatic carbocycles. The Morgan fingerprint density at radius 3 is 2.55 bits per heavy atom. The summed E-state index contributed by atoms with van der Waals surface area (Å²) < 4.78 is 0. The number of fused-ring (bicyclic) bond motifs is 4. The maximum Gasteiger partial charge on any atom is 0.368 e. The summed E-state index contributed by atoms with van der Waals surface area (Å²) in [6, 6.07) is 3.49. The summed E-state index contributed by atoms with van der Waals surface area (Å²) in [6.07, 6.45) is 3.29. The maximum absolute atomic E-state index is 13.8. The van der Waals surface area contributed by atoms with Crippen molar-refractivity contribution in [2.24, 2.45) is 10.2 Å². The molecule has 10 nitrogen and oxygen atoms in total. The first-order valence-corrected chi connectivity index (χ1v) is 11.4. The molecule has 4 heterocycles. The van der Waals surface area contributed by atoms with E-state index < -0.39 is 12.2 Å². The Labute approximate surface area is 192 Å². The molecule has 0 bridgehead atoms. The first-order chi connectivity index (χ1) is 16.0. The molecule has 0 radical (unpaired) electrons. The number of nitrogens with zero attached hydrogens (tertiary/aromatic N) is 6. The molecule has 0 aromatic heterocycles. The van der Waals surface area contributed by atoms with Crippen LogP contribution in [0.15, 0.2) is 45.9 Å². The lowest BCUT2D eigenvalue weighted by atomic mass is 10.1. The van der Waals surface area contributed by atoms with Gasteiger partial charge in [0, 0.05) is 44.8 Å². The van der Waals surface area contributed by atoms with Crippen molar-refractivity contribution < 1.29 is 14.7 Å². The molecule has 4 aliphatic rings. The zero-order valence-electron chi connectivity index (χ0n) is 19.0. The van der Waals surface area contributed by atoms with Crippen LogP contribution >= 0.6 is 0 Å². The molecule has 10 heteroatoms. The Hall–Kier alpha value is -3.08. The number of carbonyl (C=O) groups excluding carboxylic acids is 2. The zero-order chi connectivity index (χ0) is 23.1. The van der Waals surface area contributed by atoms with E-state index in [9.17, 15) is 14.7 Å². The third-order valence-corrected chi connectivity index (χ3v) is 6.74. The van der Waals surface area contributed by atoms with Gasteiger partial charge in [0.05, 0.1) is 24.5 Å². The van der Waals surface area contributed by atoms with Gasteiger partial charge in [0.2, 0.25) is 5.91 Å². The van der Waals surface area contributed by atoms with Crippen molar-refractivity contribution in [2.45, 2.75) is 20.0 Å². The quantitative estimate of drug-likeness (QED) is 0.716. The Morgan fingerprint density at radius 2 is 1.82 bits per heavy atom. The number of aliphatic hydroxyl groups excluding tert-OH is 1. The van der Waals surface area contributed by atoms with Gasteiger partial charge in [0.25, 0.3) is 0 Å². The van der Waals surface area contributed by atoms with Crippen LogP contribution in [0.1, 0.15) is 11.1 Å². The third-order valence-electron chi connectivity index (χ3n) is 6.74. The molecule has 1 atom stereocenters. The van der Waals surface area contributed by atoms with E-state index in [1.165, 1.54) is 0 Å². The largest absolute Gasteiger partial charge is 0.395 e. The highest BCUT2D eigenvalue weighted by molar-refractivity contribution is 6.07. The molecule has 0 aliphatic carbocycles. The minimum atomic E-state index is -0.600. The van der Waals surface area contributed by atoms with E-state index in [1.807, 2.05) is 38.1 Å². The summed E-state index contributed by atoms with van der Waals surface area (Å²) in [5, 5.41) is 20.6. The predicted octanol–water partition coefficient (Wildman–Crippen LogP) is 1.35. The lowest BCUT2D eigenvalue weighted by Gasteiger charge is -2.36. The fraction of sp³-hybridized carbons (Fsp3) is 0.478. The SMILES string of the molecule is Cc1cc2c(cc1C)N1C(=O)N=NC1C1=C(NCC=C1)N2C(=O)CN1CCN(CCO)CC1. The number of dihydropyridines is 1. The van der Waals surface area contributed by atoms with E-state index >= 15 is 0 Å². The zero-order valence-corrected chi connectivity index (χ0v) is 19.0. The minimum absolute atomic E-state index is 0.0593. The molecule has 0 saturated carbocycles. The Morgan fingerprint density at radius 1 is 1.12 bits per heavy atom.